The minimum Gasteiger partial charge on any atom is -0.295 e. The molecule has 0 aliphatic heterocycles. The number of ketones is 1. The molecule has 0 amide bonds. The van der Waals surface area contributed by atoms with Crippen LogP contribution in [-0.4, -0.2) is 5.78 Å². The van der Waals surface area contributed by atoms with Crippen LogP contribution in [0.25, 0.3) is 0 Å². The topological polar surface area (TPSA) is 17.1 Å². The SMILES string of the molecule is CC(=O)c1cc2c3c(c1)CCCCC3CCCC2. The number of aryl methyl sites for hydroxylation is 2. The molecule has 1 aromatic rings. The van der Waals surface area contributed by atoms with E-state index in [0.29, 0.717) is 0 Å². The van der Waals surface area contributed by atoms with Gasteiger partial charge in [0.25, 0.3) is 0 Å². The van der Waals surface area contributed by atoms with Gasteiger partial charge in [-0.3, -0.25) is 4.79 Å². The standard InChI is InChI=1S/C17H22O/c1-12(18)16-10-14-8-4-2-6-13-7-3-5-9-15(11-16)17(13)14/h10-11,13H,2-9H2,1H3. The van der Waals surface area contributed by atoms with Gasteiger partial charge < -0.3 is 0 Å². The Bertz CT molecular complexity index is 439. The first-order chi connectivity index (χ1) is 8.75. The molecule has 0 radical (unpaired) electrons. The van der Waals surface area contributed by atoms with Crippen LogP contribution < -0.4 is 0 Å². The van der Waals surface area contributed by atoms with Gasteiger partial charge in [-0.1, -0.05) is 12.8 Å². The van der Waals surface area contributed by atoms with Crippen LogP contribution >= 0.6 is 0 Å². The Morgan fingerprint density at radius 3 is 2.06 bits per heavy atom. The Hall–Kier alpha value is -1.11. The van der Waals surface area contributed by atoms with Crippen molar-refractivity contribution >= 4 is 5.78 Å². The van der Waals surface area contributed by atoms with E-state index in [9.17, 15) is 4.79 Å². The molecule has 0 unspecified atom stereocenters. The molecule has 1 heteroatoms. The molecule has 0 saturated carbocycles. The molecule has 18 heavy (non-hydrogen) atoms. The molecule has 0 aromatic heterocycles. The van der Waals surface area contributed by atoms with E-state index < -0.39 is 0 Å². The van der Waals surface area contributed by atoms with Gasteiger partial charge in [0.05, 0.1) is 0 Å². The maximum atomic E-state index is 11.7. The largest absolute Gasteiger partial charge is 0.295 e. The van der Waals surface area contributed by atoms with Crippen molar-refractivity contribution in [1.29, 1.82) is 0 Å². The van der Waals surface area contributed by atoms with Crippen molar-refractivity contribution in [3.8, 4) is 0 Å². The van der Waals surface area contributed by atoms with E-state index in [-0.39, 0.29) is 5.78 Å². The fraction of sp³-hybridized carbons (Fsp3) is 0.588. The number of rotatable bonds is 1. The lowest BCUT2D eigenvalue weighted by Gasteiger charge is -2.19. The molecule has 2 aliphatic carbocycles. The zero-order valence-corrected chi connectivity index (χ0v) is 11.3. The molecule has 2 aliphatic rings. The fourth-order valence-corrected chi connectivity index (χ4v) is 3.77. The number of hydrogen-bond acceptors (Lipinski definition) is 1. The van der Waals surface area contributed by atoms with Crippen LogP contribution in [0.5, 0.6) is 0 Å². The normalized spacial score (nSPS) is 19.8. The molecule has 0 fully saturated rings. The molecule has 0 atom stereocenters. The van der Waals surface area contributed by atoms with E-state index in [1.165, 1.54) is 62.5 Å². The Morgan fingerprint density at radius 1 is 1.00 bits per heavy atom. The van der Waals surface area contributed by atoms with Crippen LogP contribution in [0, 0.1) is 0 Å². The van der Waals surface area contributed by atoms with Crippen molar-refractivity contribution in [2.24, 2.45) is 0 Å². The van der Waals surface area contributed by atoms with Crippen molar-refractivity contribution in [2.75, 3.05) is 0 Å². The van der Waals surface area contributed by atoms with Crippen LogP contribution in [-0.2, 0) is 12.8 Å². The predicted octanol–water partition coefficient (Wildman–Crippen LogP) is 4.43. The molecule has 0 spiro atoms. The second kappa shape index (κ2) is 4.87. The molecule has 1 nitrogen and oxygen atoms in total. The number of benzene rings is 1. The quantitative estimate of drug-likeness (QED) is 0.666. The van der Waals surface area contributed by atoms with Gasteiger partial charge in [-0.2, -0.15) is 0 Å². The van der Waals surface area contributed by atoms with Crippen LogP contribution in [0.3, 0.4) is 0 Å². The highest BCUT2D eigenvalue weighted by Crippen LogP contribution is 2.39. The molecule has 96 valence electrons. The molecule has 0 N–H and O–H groups in total. The van der Waals surface area contributed by atoms with E-state index in [0.717, 1.165) is 11.5 Å². The summed E-state index contributed by atoms with van der Waals surface area (Å²) in [6.45, 7) is 1.69. The first-order valence-electron chi connectivity index (χ1n) is 7.42. The van der Waals surface area contributed by atoms with E-state index >= 15 is 0 Å². The third kappa shape index (κ3) is 2.11. The second-order valence-corrected chi connectivity index (χ2v) is 5.95. The minimum atomic E-state index is 0.221. The highest BCUT2D eigenvalue weighted by Gasteiger charge is 2.24. The molecule has 0 heterocycles. The Labute approximate surface area is 110 Å². The first kappa shape index (κ1) is 12.0. The number of carbonyl (C=O) groups excluding carboxylic acids is 1. The smallest absolute Gasteiger partial charge is 0.159 e. The molecule has 1 aromatic carbocycles. The maximum absolute atomic E-state index is 11.7. The predicted molar refractivity (Wildman–Crippen MR) is 74.3 cm³/mol. The summed E-state index contributed by atoms with van der Waals surface area (Å²) in [6, 6.07) is 4.37. The highest BCUT2D eigenvalue weighted by atomic mass is 16.1. The van der Waals surface area contributed by atoms with Crippen molar-refractivity contribution in [3.63, 3.8) is 0 Å². The fourth-order valence-electron chi connectivity index (χ4n) is 3.77. The van der Waals surface area contributed by atoms with Crippen LogP contribution in [0.15, 0.2) is 12.1 Å². The van der Waals surface area contributed by atoms with Crippen molar-refractivity contribution in [2.45, 2.75) is 64.2 Å². The van der Waals surface area contributed by atoms with Crippen LogP contribution in [0.1, 0.15) is 78.4 Å². The average Bonchev–Trinajstić information content (AvgIpc) is 2.68. The Kier molecular flexibility index (Phi) is 3.23. The molecule has 3 rings (SSSR count). The lowest BCUT2D eigenvalue weighted by molar-refractivity contribution is 0.101. The lowest BCUT2D eigenvalue weighted by Crippen LogP contribution is -2.05. The zero-order chi connectivity index (χ0) is 12.5. The highest BCUT2D eigenvalue weighted by molar-refractivity contribution is 5.94. The average molecular weight is 242 g/mol. The Balaban J connectivity index is 2.15. The van der Waals surface area contributed by atoms with Crippen LogP contribution in [0.4, 0.5) is 0 Å². The van der Waals surface area contributed by atoms with Gasteiger partial charge in [0.2, 0.25) is 0 Å². The van der Waals surface area contributed by atoms with Crippen molar-refractivity contribution in [1.82, 2.24) is 0 Å². The second-order valence-electron chi connectivity index (χ2n) is 5.95. The number of Topliss-reactive ketones (excluding diaryl/α,β-unsaturated/α-hetero) is 1. The van der Waals surface area contributed by atoms with Gasteiger partial charge in [0, 0.05) is 5.56 Å². The lowest BCUT2D eigenvalue weighted by atomic mass is 9.85. The summed E-state index contributed by atoms with van der Waals surface area (Å²) >= 11 is 0. The monoisotopic (exact) mass is 242 g/mol. The molecule has 0 saturated heterocycles. The molecule has 0 bridgehead atoms. The van der Waals surface area contributed by atoms with E-state index in [2.05, 4.69) is 12.1 Å². The van der Waals surface area contributed by atoms with Gasteiger partial charge in [0.1, 0.15) is 0 Å². The Morgan fingerprint density at radius 2 is 1.56 bits per heavy atom. The van der Waals surface area contributed by atoms with Gasteiger partial charge in [-0.15, -0.1) is 0 Å². The summed E-state index contributed by atoms with van der Waals surface area (Å²) in [7, 11) is 0. The summed E-state index contributed by atoms with van der Waals surface area (Å²) < 4.78 is 0. The summed E-state index contributed by atoms with van der Waals surface area (Å²) in [5.74, 6) is 1.00. The van der Waals surface area contributed by atoms with Crippen molar-refractivity contribution < 1.29 is 4.79 Å². The van der Waals surface area contributed by atoms with Gasteiger partial charge in [-0.05, 0) is 80.2 Å². The van der Waals surface area contributed by atoms with E-state index in [4.69, 9.17) is 0 Å². The van der Waals surface area contributed by atoms with Crippen molar-refractivity contribution in [3.05, 3.63) is 34.4 Å². The summed E-state index contributed by atoms with van der Waals surface area (Å²) in [5.41, 5.74) is 5.55. The van der Waals surface area contributed by atoms with Gasteiger partial charge in [-0.25, -0.2) is 0 Å². The summed E-state index contributed by atoms with van der Waals surface area (Å²) in [4.78, 5) is 11.7. The zero-order valence-electron chi connectivity index (χ0n) is 11.3. The van der Waals surface area contributed by atoms with E-state index in [1.54, 1.807) is 12.5 Å². The third-order valence-corrected chi connectivity index (χ3v) is 4.66. The number of carbonyl (C=O) groups is 1. The third-order valence-electron chi connectivity index (χ3n) is 4.66. The van der Waals surface area contributed by atoms with E-state index in [1.807, 2.05) is 0 Å². The number of hydrogen-bond donors (Lipinski definition) is 0. The minimum absolute atomic E-state index is 0.221. The first-order valence-corrected chi connectivity index (χ1v) is 7.42. The molecular formula is C17H22O. The summed E-state index contributed by atoms with van der Waals surface area (Å²) in [6.07, 6.45) is 10.4. The molecular weight excluding hydrogens is 220 g/mol. The van der Waals surface area contributed by atoms with Gasteiger partial charge >= 0.3 is 0 Å². The summed E-state index contributed by atoms with van der Waals surface area (Å²) in [5, 5.41) is 0. The van der Waals surface area contributed by atoms with Gasteiger partial charge in [0.15, 0.2) is 5.78 Å². The van der Waals surface area contributed by atoms with Crippen LogP contribution in [0.2, 0.25) is 0 Å². The maximum Gasteiger partial charge on any atom is 0.159 e.